The zero-order valence-electron chi connectivity index (χ0n) is 14.2. The Morgan fingerprint density at radius 2 is 2.28 bits per heavy atom. The predicted octanol–water partition coefficient (Wildman–Crippen LogP) is 1.93. The Balaban J connectivity index is 1.64. The summed E-state index contributed by atoms with van der Waals surface area (Å²) in [4.78, 5) is 31.1. The molecule has 0 saturated carbocycles. The number of nitrogens with zero attached hydrogens (tertiary/aromatic N) is 2. The molecule has 132 valence electrons. The second-order valence-electron chi connectivity index (χ2n) is 6.25. The summed E-state index contributed by atoms with van der Waals surface area (Å²) in [7, 11) is 0. The minimum atomic E-state index is -0.249. The second kappa shape index (κ2) is 7.48. The Hall–Kier alpha value is -2.67. The van der Waals surface area contributed by atoms with Crippen molar-refractivity contribution >= 4 is 17.6 Å². The number of furan rings is 1. The second-order valence-corrected chi connectivity index (χ2v) is 6.25. The lowest BCUT2D eigenvalue weighted by atomic mass is 9.96. The minimum absolute atomic E-state index is 0.106. The molecule has 0 spiro atoms. The van der Waals surface area contributed by atoms with Gasteiger partial charge in [-0.25, -0.2) is 4.98 Å². The molecule has 25 heavy (non-hydrogen) atoms. The molecule has 2 amide bonds. The Kier molecular flexibility index (Phi) is 5.14. The normalized spacial score (nSPS) is 17.4. The molecule has 1 fully saturated rings. The van der Waals surface area contributed by atoms with E-state index in [9.17, 15) is 9.59 Å². The van der Waals surface area contributed by atoms with Crippen LogP contribution < -0.4 is 11.1 Å². The number of aryl methyl sites for hydroxylation is 1. The number of nitrogens with one attached hydrogen (secondary N) is 1. The van der Waals surface area contributed by atoms with Gasteiger partial charge in [-0.3, -0.25) is 9.59 Å². The molecule has 1 atom stereocenters. The van der Waals surface area contributed by atoms with E-state index in [2.05, 4.69) is 10.3 Å². The van der Waals surface area contributed by atoms with Crippen molar-refractivity contribution in [2.75, 3.05) is 18.4 Å². The number of carbonyl (C=O) groups excluding carboxylic acids is 2. The highest BCUT2D eigenvalue weighted by atomic mass is 16.3. The van der Waals surface area contributed by atoms with Crippen LogP contribution in [0.3, 0.4) is 0 Å². The van der Waals surface area contributed by atoms with Crippen molar-refractivity contribution in [2.45, 2.75) is 26.3 Å². The number of piperidine rings is 1. The van der Waals surface area contributed by atoms with Gasteiger partial charge in [-0.1, -0.05) is 6.07 Å². The lowest BCUT2D eigenvalue weighted by Gasteiger charge is -2.31. The molecule has 1 aliphatic rings. The summed E-state index contributed by atoms with van der Waals surface area (Å²) >= 11 is 0. The van der Waals surface area contributed by atoms with E-state index in [4.69, 9.17) is 10.2 Å². The zero-order chi connectivity index (χ0) is 17.8. The van der Waals surface area contributed by atoms with Gasteiger partial charge in [0.05, 0.1) is 18.0 Å². The van der Waals surface area contributed by atoms with Crippen molar-refractivity contribution in [3.8, 4) is 0 Å². The fourth-order valence-corrected chi connectivity index (χ4v) is 3.00. The maximum Gasteiger partial charge on any atom is 0.257 e. The number of nitrogens with two attached hydrogens (primary N) is 1. The molecule has 3 heterocycles. The molecule has 2 aromatic rings. The van der Waals surface area contributed by atoms with E-state index in [1.807, 2.05) is 19.1 Å². The average Bonchev–Trinajstić information content (AvgIpc) is 3.10. The van der Waals surface area contributed by atoms with Crippen molar-refractivity contribution < 1.29 is 14.0 Å². The molecule has 0 radical (unpaired) electrons. The van der Waals surface area contributed by atoms with Crippen LogP contribution in [0.25, 0.3) is 0 Å². The average molecular weight is 342 g/mol. The monoisotopic (exact) mass is 342 g/mol. The van der Waals surface area contributed by atoms with Crippen molar-refractivity contribution in [2.24, 2.45) is 11.7 Å². The van der Waals surface area contributed by atoms with E-state index in [1.165, 1.54) is 6.26 Å². The van der Waals surface area contributed by atoms with Crippen LogP contribution in [0.15, 0.2) is 34.9 Å². The quantitative estimate of drug-likeness (QED) is 0.884. The molecule has 1 aliphatic heterocycles. The van der Waals surface area contributed by atoms with Crippen molar-refractivity contribution in [1.29, 1.82) is 0 Å². The summed E-state index contributed by atoms with van der Waals surface area (Å²) in [5.41, 5.74) is 6.83. The van der Waals surface area contributed by atoms with Gasteiger partial charge in [0, 0.05) is 18.8 Å². The Morgan fingerprint density at radius 3 is 3.00 bits per heavy atom. The zero-order valence-corrected chi connectivity index (χ0v) is 14.2. The van der Waals surface area contributed by atoms with Crippen LogP contribution in [0.2, 0.25) is 0 Å². The topological polar surface area (TPSA) is 101 Å². The largest absolute Gasteiger partial charge is 0.467 e. The van der Waals surface area contributed by atoms with Gasteiger partial charge in [-0.15, -0.1) is 0 Å². The molecule has 7 nitrogen and oxygen atoms in total. The van der Waals surface area contributed by atoms with Crippen LogP contribution >= 0.6 is 0 Å². The molecule has 2 aromatic heterocycles. The maximum absolute atomic E-state index is 12.6. The van der Waals surface area contributed by atoms with Crippen LogP contribution in [-0.2, 0) is 11.3 Å². The third kappa shape index (κ3) is 4.06. The highest BCUT2D eigenvalue weighted by Gasteiger charge is 2.29. The first-order chi connectivity index (χ1) is 12.1. The van der Waals surface area contributed by atoms with E-state index in [0.717, 1.165) is 18.5 Å². The number of likely N-dealkylation sites (tertiary alicyclic amines) is 1. The van der Waals surface area contributed by atoms with E-state index in [-0.39, 0.29) is 24.3 Å². The standard InChI is InChI=1S/C18H22N4O3/c1-12-4-2-6-16(20-12)21-17(23)13-5-3-7-22(10-13)18(24)14-8-15(9-19)25-11-14/h2,4,6,8,11,13H,3,5,7,9-10,19H2,1H3,(H,20,21,23). The summed E-state index contributed by atoms with van der Waals surface area (Å²) in [5, 5.41) is 2.84. The Morgan fingerprint density at radius 1 is 1.44 bits per heavy atom. The highest BCUT2D eigenvalue weighted by Crippen LogP contribution is 2.21. The van der Waals surface area contributed by atoms with Gasteiger partial charge in [-0.05, 0) is 38.0 Å². The lowest BCUT2D eigenvalue weighted by Crippen LogP contribution is -2.43. The molecular formula is C18H22N4O3. The number of amides is 2. The number of pyridine rings is 1. The lowest BCUT2D eigenvalue weighted by molar-refractivity contribution is -0.121. The summed E-state index contributed by atoms with van der Waals surface area (Å²) in [6, 6.07) is 7.14. The number of hydrogen-bond acceptors (Lipinski definition) is 5. The maximum atomic E-state index is 12.6. The van der Waals surface area contributed by atoms with Gasteiger partial charge < -0.3 is 20.4 Å². The molecule has 1 unspecified atom stereocenters. The van der Waals surface area contributed by atoms with Crippen LogP contribution in [0.1, 0.15) is 34.7 Å². The summed E-state index contributed by atoms with van der Waals surface area (Å²) < 4.78 is 5.23. The third-order valence-electron chi connectivity index (χ3n) is 4.32. The van der Waals surface area contributed by atoms with Gasteiger partial charge in [0.25, 0.3) is 5.91 Å². The van der Waals surface area contributed by atoms with Gasteiger partial charge in [0.15, 0.2) is 0 Å². The number of aromatic nitrogens is 1. The van der Waals surface area contributed by atoms with Crippen LogP contribution in [0.4, 0.5) is 5.82 Å². The molecule has 0 aliphatic carbocycles. The first-order valence-electron chi connectivity index (χ1n) is 8.38. The predicted molar refractivity (Wildman–Crippen MR) is 92.8 cm³/mol. The molecule has 3 rings (SSSR count). The van der Waals surface area contributed by atoms with Crippen molar-refractivity contribution in [3.05, 3.63) is 47.5 Å². The summed E-state index contributed by atoms with van der Waals surface area (Å²) in [6.07, 6.45) is 2.96. The van der Waals surface area contributed by atoms with Gasteiger partial charge in [0.2, 0.25) is 5.91 Å². The van der Waals surface area contributed by atoms with Gasteiger partial charge >= 0.3 is 0 Å². The number of rotatable bonds is 4. The smallest absolute Gasteiger partial charge is 0.257 e. The van der Waals surface area contributed by atoms with Crippen LogP contribution in [0, 0.1) is 12.8 Å². The molecule has 1 saturated heterocycles. The van der Waals surface area contributed by atoms with E-state index < -0.39 is 0 Å². The minimum Gasteiger partial charge on any atom is -0.467 e. The molecule has 3 N–H and O–H groups in total. The van der Waals surface area contributed by atoms with Crippen LogP contribution in [0.5, 0.6) is 0 Å². The van der Waals surface area contributed by atoms with Crippen molar-refractivity contribution in [3.63, 3.8) is 0 Å². The SMILES string of the molecule is Cc1cccc(NC(=O)C2CCCN(C(=O)c3coc(CN)c3)C2)n1. The van der Waals surface area contributed by atoms with Crippen molar-refractivity contribution in [1.82, 2.24) is 9.88 Å². The Bertz CT molecular complexity index is 771. The number of anilines is 1. The fraction of sp³-hybridized carbons (Fsp3) is 0.389. The number of hydrogen-bond donors (Lipinski definition) is 2. The first-order valence-corrected chi connectivity index (χ1v) is 8.38. The molecule has 0 aromatic carbocycles. The molecular weight excluding hydrogens is 320 g/mol. The number of carbonyl (C=O) groups is 2. The summed E-state index contributed by atoms with van der Waals surface area (Å²) in [5.74, 6) is 0.622. The van der Waals surface area contributed by atoms with Gasteiger partial charge in [0.1, 0.15) is 17.8 Å². The molecule has 0 bridgehead atoms. The summed E-state index contributed by atoms with van der Waals surface area (Å²) in [6.45, 7) is 3.15. The van der Waals surface area contributed by atoms with E-state index in [0.29, 0.717) is 30.2 Å². The fourth-order valence-electron chi connectivity index (χ4n) is 3.00. The Labute approximate surface area is 146 Å². The molecule has 7 heteroatoms. The third-order valence-corrected chi connectivity index (χ3v) is 4.32. The van der Waals surface area contributed by atoms with E-state index >= 15 is 0 Å². The first kappa shape index (κ1) is 17.2. The van der Waals surface area contributed by atoms with Gasteiger partial charge in [-0.2, -0.15) is 0 Å². The van der Waals surface area contributed by atoms with Crippen LogP contribution in [-0.4, -0.2) is 34.8 Å². The highest BCUT2D eigenvalue weighted by molar-refractivity contribution is 5.96. The van der Waals surface area contributed by atoms with E-state index in [1.54, 1.807) is 17.0 Å².